The summed E-state index contributed by atoms with van der Waals surface area (Å²) >= 11 is 6.04. The van der Waals surface area contributed by atoms with Crippen LogP contribution in [0.1, 0.15) is 12.0 Å². The molecule has 5 rings (SSSR count). The van der Waals surface area contributed by atoms with E-state index in [4.69, 9.17) is 25.8 Å². The molecule has 7 nitrogen and oxygen atoms in total. The van der Waals surface area contributed by atoms with Gasteiger partial charge in [-0.05, 0) is 48.4 Å². The Kier molecular flexibility index (Phi) is 7.35. The van der Waals surface area contributed by atoms with Crippen LogP contribution in [0.5, 0.6) is 5.75 Å². The summed E-state index contributed by atoms with van der Waals surface area (Å²) in [6.07, 6.45) is 6.91. The van der Waals surface area contributed by atoms with Gasteiger partial charge in [-0.25, -0.2) is 4.98 Å². The van der Waals surface area contributed by atoms with Gasteiger partial charge >= 0.3 is 0 Å². The smallest absolute Gasteiger partial charge is 0.187 e. The minimum atomic E-state index is -0.722. The number of halogens is 1. The lowest BCUT2D eigenvalue weighted by atomic mass is 10.0. The van der Waals surface area contributed by atoms with Crippen molar-refractivity contribution in [3.05, 3.63) is 77.8 Å². The molecule has 2 fully saturated rings. The number of nitrogens with zero attached hydrogens (tertiary/aromatic N) is 3. The zero-order chi connectivity index (χ0) is 23.2. The van der Waals surface area contributed by atoms with E-state index >= 15 is 0 Å². The van der Waals surface area contributed by atoms with Crippen LogP contribution in [0.25, 0.3) is 0 Å². The Hall–Kier alpha value is -2.58. The van der Waals surface area contributed by atoms with Gasteiger partial charge in [-0.15, -0.1) is 0 Å². The Morgan fingerprint density at radius 3 is 2.62 bits per heavy atom. The van der Waals surface area contributed by atoms with Crippen molar-refractivity contribution in [2.45, 2.75) is 31.3 Å². The quantitative estimate of drug-likeness (QED) is 0.501. The molecule has 2 atom stereocenters. The number of hydrogen-bond donors (Lipinski definition) is 1. The van der Waals surface area contributed by atoms with E-state index in [0.717, 1.165) is 49.8 Å². The highest BCUT2D eigenvalue weighted by Crippen LogP contribution is 2.31. The lowest BCUT2D eigenvalue weighted by Crippen LogP contribution is -2.43. The van der Waals surface area contributed by atoms with Crippen LogP contribution in [0.4, 0.5) is 5.69 Å². The number of rotatable bonds is 9. The fraction of sp³-hybridized carbons (Fsp3) is 0.423. The zero-order valence-electron chi connectivity index (χ0n) is 19.2. The number of imidazole rings is 1. The zero-order valence-corrected chi connectivity index (χ0v) is 20.0. The standard InChI is InChI=1S/C26H31ClN4O3/c27-22-3-1-21(2-4-22)9-10-26(19-30-14-11-29-20-30)33-18-25(34-26)17-32-24-7-5-23(6-8-24)31-15-12-28-13-16-31/h1-8,11,14,20,25,28H,9-10,12-13,15-19H2. The average molecular weight is 483 g/mol. The minimum absolute atomic E-state index is 0.137. The average Bonchev–Trinajstić information content (AvgIpc) is 3.54. The summed E-state index contributed by atoms with van der Waals surface area (Å²) in [6, 6.07) is 16.3. The van der Waals surface area contributed by atoms with E-state index in [1.165, 1.54) is 11.3 Å². The van der Waals surface area contributed by atoms with Gasteiger partial charge in [-0.2, -0.15) is 0 Å². The number of piperazine rings is 1. The van der Waals surface area contributed by atoms with E-state index in [9.17, 15) is 0 Å². The molecule has 2 aliphatic heterocycles. The van der Waals surface area contributed by atoms with Crippen LogP contribution in [0.2, 0.25) is 5.02 Å². The van der Waals surface area contributed by atoms with E-state index < -0.39 is 5.79 Å². The van der Waals surface area contributed by atoms with Crippen LogP contribution in [-0.4, -0.2) is 60.8 Å². The van der Waals surface area contributed by atoms with Gasteiger partial charge in [0.2, 0.25) is 0 Å². The Morgan fingerprint density at radius 2 is 1.88 bits per heavy atom. The molecule has 0 spiro atoms. The number of anilines is 1. The maximum atomic E-state index is 6.47. The molecule has 2 aliphatic rings. The first-order valence-electron chi connectivity index (χ1n) is 11.9. The van der Waals surface area contributed by atoms with Gasteiger partial charge in [0, 0.05) is 55.7 Å². The summed E-state index contributed by atoms with van der Waals surface area (Å²) in [5.41, 5.74) is 2.43. The molecule has 3 heterocycles. The minimum Gasteiger partial charge on any atom is -0.491 e. The predicted octanol–water partition coefficient (Wildman–Crippen LogP) is 3.77. The van der Waals surface area contributed by atoms with Crippen molar-refractivity contribution in [3.8, 4) is 5.75 Å². The summed E-state index contributed by atoms with van der Waals surface area (Å²) in [4.78, 5) is 6.55. The number of aryl methyl sites for hydroxylation is 1. The molecule has 0 bridgehead atoms. The largest absolute Gasteiger partial charge is 0.491 e. The molecule has 1 N–H and O–H groups in total. The second-order valence-corrected chi connectivity index (χ2v) is 9.30. The predicted molar refractivity (Wildman–Crippen MR) is 133 cm³/mol. The van der Waals surface area contributed by atoms with Gasteiger partial charge in [0.25, 0.3) is 0 Å². The van der Waals surface area contributed by atoms with Crippen LogP contribution < -0.4 is 15.0 Å². The second kappa shape index (κ2) is 10.8. The first-order chi connectivity index (χ1) is 16.7. The Labute approximate surface area is 205 Å². The second-order valence-electron chi connectivity index (χ2n) is 8.86. The SMILES string of the molecule is Clc1ccc(CCC2(Cn3ccnc3)OCC(COc3ccc(N4CCNCC4)cc3)O2)cc1. The lowest BCUT2D eigenvalue weighted by molar-refractivity contribution is -0.184. The molecule has 0 radical (unpaired) electrons. The van der Waals surface area contributed by atoms with Crippen LogP contribution in [0, 0.1) is 0 Å². The molecule has 1 aromatic heterocycles. The van der Waals surface area contributed by atoms with Gasteiger partial charge in [-0.1, -0.05) is 23.7 Å². The third-order valence-electron chi connectivity index (χ3n) is 6.36. The van der Waals surface area contributed by atoms with Crippen molar-refractivity contribution in [2.24, 2.45) is 0 Å². The van der Waals surface area contributed by atoms with Crippen molar-refractivity contribution >= 4 is 17.3 Å². The van der Waals surface area contributed by atoms with Crippen molar-refractivity contribution in [3.63, 3.8) is 0 Å². The van der Waals surface area contributed by atoms with Crippen molar-refractivity contribution < 1.29 is 14.2 Å². The molecule has 0 aliphatic carbocycles. The molecule has 2 saturated heterocycles. The Balaban J connectivity index is 1.18. The van der Waals surface area contributed by atoms with Gasteiger partial charge in [-0.3, -0.25) is 0 Å². The van der Waals surface area contributed by atoms with E-state index in [1.54, 1.807) is 12.5 Å². The highest BCUT2D eigenvalue weighted by molar-refractivity contribution is 6.30. The van der Waals surface area contributed by atoms with Crippen LogP contribution in [-0.2, 0) is 22.4 Å². The molecule has 8 heteroatoms. The molecule has 34 heavy (non-hydrogen) atoms. The van der Waals surface area contributed by atoms with E-state index in [-0.39, 0.29) is 6.10 Å². The number of benzene rings is 2. The van der Waals surface area contributed by atoms with Crippen LogP contribution in [0.15, 0.2) is 67.3 Å². The van der Waals surface area contributed by atoms with Crippen molar-refractivity contribution in [1.29, 1.82) is 0 Å². The number of ether oxygens (including phenoxy) is 3. The maximum Gasteiger partial charge on any atom is 0.187 e. The fourth-order valence-corrected chi connectivity index (χ4v) is 4.63. The van der Waals surface area contributed by atoms with Crippen molar-refractivity contribution in [2.75, 3.05) is 44.3 Å². The molecular weight excluding hydrogens is 452 g/mol. The molecule has 2 unspecified atom stereocenters. The third-order valence-corrected chi connectivity index (χ3v) is 6.61. The molecule has 3 aromatic rings. The Bertz CT molecular complexity index is 1020. The van der Waals surface area contributed by atoms with Gasteiger partial charge in [0.05, 0.1) is 19.5 Å². The van der Waals surface area contributed by atoms with Crippen LogP contribution >= 0.6 is 11.6 Å². The summed E-state index contributed by atoms with van der Waals surface area (Å²) in [5, 5.41) is 4.12. The Morgan fingerprint density at radius 1 is 1.09 bits per heavy atom. The van der Waals surface area contributed by atoms with Gasteiger partial charge in [0.1, 0.15) is 18.5 Å². The third kappa shape index (κ3) is 5.91. The summed E-state index contributed by atoms with van der Waals surface area (Å²) < 4.78 is 20.8. The highest BCUT2D eigenvalue weighted by atomic mass is 35.5. The summed E-state index contributed by atoms with van der Waals surface area (Å²) in [5.74, 6) is 0.122. The highest BCUT2D eigenvalue weighted by Gasteiger charge is 2.42. The summed E-state index contributed by atoms with van der Waals surface area (Å²) in [6.45, 7) is 5.63. The topological polar surface area (TPSA) is 60.8 Å². The summed E-state index contributed by atoms with van der Waals surface area (Å²) in [7, 11) is 0. The van der Waals surface area contributed by atoms with E-state index in [2.05, 4.69) is 27.3 Å². The number of hydrogen-bond acceptors (Lipinski definition) is 6. The molecule has 2 aromatic carbocycles. The molecule has 0 amide bonds. The maximum absolute atomic E-state index is 6.47. The lowest BCUT2D eigenvalue weighted by Gasteiger charge is -2.29. The van der Waals surface area contributed by atoms with Gasteiger partial charge in [0.15, 0.2) is 5.79 Å². The number of nitrogens with one attached hydrogen (secondary N) is 1. The first kappa shape index (κ1) is 23.2. The van der Waals surface area contributed by atoms with Crippen molar-refractivity contribution in [1.82, 2.24) is 14.9 Å². The molecule has 180 valence electrons. The van der Waals surface area contributed by atoms with E-state index in [0.29, 0.717) is 19.8 Å². The normalized spacial score (nSPS) is 22.7. The fourth-order valence-electron chi connectivity index (χ4n) is 4.50. The first-order valence-corrected chi connectivity index (χ1v) is 12.3. The number of aromatic nitrogens is 2. The molecular formula is C26H31ClN4O3. The van der Waals surface area contributed by atoms with E-state index in [1.807, 2.05) is 47.2 Å². The van der Waals surface area contributed by atoms with Gasteiger partial charge < -0.3 is 29.0 Å². The molecule has 0 saturated carbocycles. The monoisotopic (exact) mass is 482 g/mol. The van der Waals surface area contributed by atoms with Crippen LogP contribution in [0.3, 0.4) is 0 Å².